The summed E-state index contributed by atoms with van der Waals surface area (Å²) in [5.41, 5.74) is 2.03. The Morgan fingerprint density at radius 1 is 1.30 bits per heavy atom. The van der Waals surface area contributed by atoms with E-state index in [-0.39, 0.29) is 24.0 Å². The van der Waals surface area contributed by atoms with Crippen molar-refractivity contribution in [3.63, 3.8) is 0 Å². The first-order chi connectivity index (χ1) is 10.6. The third-order valence-electron chi connectivity index (χ3n) is 3.12. The van der Waals surface area contributed by atoms with Crippen LogP contribution < -0.4 is 10.6 Å². The van der Waals surface area contributed by atoms with Gasteiger partial charge in [0.25, 0.3) is 0 Å². The van der Waals surface area contributed by atoms with Crippen LogP contribution in [0, 0.1) is 13.8 Å². The quantitative estimate of drug-likeness (QED) is 0.403. The lowest BCUT2D eigenvalue weighted by atomic mass is 10.3. The van der Waals surface area contributed by atoms with Gasteiger partial charge in [-0.15, -0.1) is 35.3 Å². The second kappa shape index (κ2) is 9.86. The minimum absolute atomic E-state index is 0. The van der Waals surface area contributed by atoms with Crippen molar-refractivity contribution in [1.29, 1.82) is 0 Å². The molecular weight excluding hydrogens is 425 g/mol. The number of hydrogen-bond acceptors (Lipinski definition) is 5. The molecule has 2 aromatic rings. The summed E-state index contributed by atoms with van der Waals surface area (Å²) < 4.78 is 5.25. The van der Waals surface area contributed by atoms with Gasteiger partial charge in [-0.3, -0.25) is 0 Å². The van der Waals surface area contributed by atoms with Crippen LogP contribution in [0.1, 0.15) is 40.9 Å². The fourth-order valence-corrected chi connectivity index (χ4v) is 2.87. The molecule has 0 radical (unpaired) electrons. The molecule has 0 aliphatic heterocycles. The maximum atomic E-state index is 5.25. The topological polar surface area (TPSA) is 75.3 Å². The normalized spacial score (nSPS) is 11.2. The van der Waals surface area contributed by atoms with Crippen LogP contribution in [-0.4, -0.2) is 22.6 Å². The van der Waals surface area contributed by atoms with Crippen LogP contribution in [0.4, 0.5) is 0 Å². The number of nitrogens with zero attached hydrogens (tertiary/aromatic N) is 3. The molecule has 2 rings (SSSR count). The van der Waals surface area contributed by atoms with Crippen molar-refractivity contribution in [3.05, 3.63) is 33.1 Å². The fraction of sp³-hybridized carbons (Fsp3) is 0.533. The lowest BCUT2D eigenvalue weighted by Crippen LogP contribution is -2.36. The van der Waals surface area contributed by atoms with Gasteiger partial charge in [0.05, 0.1) is 22.9 Å². The highest BCUT2D eigenvalue weighted by atomic mass is 127. The van der Waals surface area contributed by atoms with Gasteiger partial charge in [0.1, 0.15) is 6.54 Å². The lowest BCUT2D eigenvalue weighted by molar-refractivity contribution is 0.379. The van der Waals surface area contributed by atoms with E-state index in [1.165, 1.54) is 4.88 Å². The van der Waals surface area contributed by atoms with Crippen LogP contribution in [0.2, 0.25) is 0 Å². The smallest absolute Gasteiger partial charge is 0.191 e. The second-order valence-electron chi connectivity index (χ2n) is 4.93. The van der Waals surface area contributed by atoms with Gasteiger partial charge in [0.15, 0.2) is 11.7 Å². The molecule has 6 nitrogen and oxygen atoms in total. The van der Waals surface area contributed by atoms with Gasteiger partial charge in [-0.2, -0.15) is 0 Å². The van der Waals surface area contributed by atoms with Gasteiger partial charge in [-0.25, -0.2) is 9.98 Å². The van der Waals surface area contributed by atoms with E-state index in [0.717, 1.165) is 47.6 Å². The van der Waals surface area contributed by atoms with Crippen molar-refractivity contribution in [3.8, 4) is 0 Å². The molecule has 0 saturated heterocycles. The SMILES string of the molecule is CCNC(=NCc1cc(CC)no1)NCc1sc(C)nc1C.I. The number of guanidine groups is 1. The Labute approximate surface area is 158 Å². The van der Waals surface area contributed by atoms with E-state index in [1.807, 2.05) is 26.8 Å². The van der Waals surface area contributed by atoms with Crippen molar-refractivity contribution < 1.29 is 4.52 Å². The van der Waals surface area contributed by atoms with E-state index < -0.39 is 0 Å². The fourth-order valence-electron chi connectivity index (χ4n) is 2.00. The third-order valence-corrected chi connectivity index (χ3v) is 4.20. The lowest BCUT2D eigenvalue weighted by Gasteiger charge is -2.10. The summed E-state index contributed by atoms with van der Waals surface area (Å²) in [7, 11) is 0. The standard InChI is InChI=1S/C15H23N5OS.HI/c1-5-12-7-13(21-20-12)8-17-15(16-6-2)18-9-14-10(3)19-11(4)22-14;/h7H,5-6,8-9H2,1-4H3,(H2,16,17,18);1H. The molecule has 0 fully saturated rings. The van der Waals surface area contributed by atoms with Crippen LogP contribution in [0.5, 0.6) is 0 Å². The van der Waals surface area contributed by atoms with Crippen LogP contribution in [-0.2, 0) is 19.5 Å². The van der Waals surface area contributed by atoms with Gasteiger partial charge in [0.2, 0.25) is 0 Å². The summed E-state index contributed by atoms with van der Waals surface area (Å²) in [6, 6.07) is 1.95. The minimum Gasteiger partial charge on any atom is -0.359 e. The zero-order valence-corrected chi connectivity index (χ0v) is 17.1. The summed E-state index contributed by atoms with van der Waals surface area (Å²) >= 11 is 1.71. The van der Waals surface area contributed by atoms with Crippen LogP contribution in [0.25, 0.3) is 0 Å². The molecular formula is C15H24IN5OS. The molecule has 23 heavy (non-hydrogen) atoms. The molecule has 0 unspecified atom stereocenters. The van der Waals surface area contributed by atoms with E-state index in [4.69, 9.17) is 4.52 Å². The van der Waals surface area contributed by atoms with Crippen molar-refractivity contribution in [1.82, 2.24) is 20.8 Å². The van der Waals surface area contributed by atoms with Crippen molar-refractivity contribution >= 4 is 41.3 Å². The monoisotopic (exact) mass is 449 g/mol. The summed E-state index contributed by atoms with van der Waals surface area (Å²) in [5, 5.41) is 11.6. The highest BCUT2D eigenvalue weighted by Gasteiger charge is 2.06. The molecule has 0 aliphatic rings. The van der Waals surface area contributed by atoms with E-state index in [9.17, 15) is 0 Å². The predicted octanol–water partition coefficient (Wildman–Crippen LogP) is 3.18. The molecule has 0 aromatic carbocycles. The number of aryl methyl sites for hydroxylation is 3. The molecule has 0 aliphatic carbocycles. The highest BCUT2D eigenvalue weighted by molar-refractivity contribution is 14.0. The number of aromatic nitrogens is 2. The molecule has 8 heteroatoms. The highest BCUT2D eigenvalue weighted by Crippen LogP contribution is 2.16. The van der Waals surface area contributed by atoms with E-state index in [0.29, 0.717) is 6.54 Å². The number of hydrogen-bond donors (Lipinski definition) is 2. The Morgan fingerprint density at radius 2 is 2.09 bits per heavy atom. The first kappa shape index (κ1) is 19.9. The summed E-state index contributed by atoms with van der Waals surface area (Å²) in [6.45, 7) is 10.2. The maximum Gasteiger partial charge on any atom is 0.191 e. The van der Waals surface area contributed by atoms with Crippen LogP contribution >= 0.6 is 35.3 Å². The van der Waals surface area contributed by atoms with Gasteiger partial charge < -0.3 is 15.2 Å². The first-order valence-electron chi connectivity index (χ1n) is 7.51. The molecule has 2 N–H and O–H groups in total. The molecule has 2 heterocycles. The number of halogens is 1. The van der Waals surface area contributed by atoms with Gasteiger partial charge in [-0.1, -0.05) is 12.1 Å². The molecule has 0 amide bonds. The van der Waals surface area contributed by atoms with Crippen molar-refractivity contribution in [2.45, 2.75) is 47.2 Å². The minimum atomic E-state index is 0. The van der Waals surface area contributed by atoms with Gasteiger partial charge >= 0.3 is 0 Å². The van der Waals surface area contributed by atoms with Crippen molar-refractivity contribution in [2.75, 3.05) is 6.54 Å². The Bertz CT molecular complexity index is 638. The van der Waals surface area contributed by atoms with Gasteiger partial charge in [0, 0.05) is 17.5 Å². The zero-order chi connectivity index (χ0) is 15.9. The first-order valence-corrected chi connectivity index (χ1v) is 8.33. The van der Waals surface area contributed by atoms with E-state index >= 15 is 0 Å². The Balaban J connectivity index is 0.00000264. The van der Waals surface area contributed by atoms with Crippen LogP contribution in [0.3, 0.4) is 0 Å². The Morgan fingerprint density at radius 3 is 2.65 bits per heavy atom. The molecule has 128 valence electrons. The second-order valence-corrected chi connectivity index (χ2v) is 6.22. The summed E-state index contributed by atoms with van der Waals surface area (Å²) in [4.78, 5) is 10.2. The maximum absolute atomic E-state index is 5.25. The average molecular weight is 449 g/mol. The number of nitrogens with one attached hydrogen (secondary N) is 2. The third kappa shape index (κ3) is 6.09. The van der Waals surface area contributed by atoms with Crippen LogP contribution in [0.15, 0.2) is 15.6 Å². The number of thiazole rings is 1. The largest absolute Gasteiger partial charge is 0.359 e. The van der Waals surface area contributed by atoms with E-state index in [1.54, 1.807) is 11.3 Å². The molecule has 0 atom stereocenters. The Hall–Kier alpha value is -1.16. The molecule has 0 bridgehead atoms. The van der Waals surface area contributed by atoms with E-state index in [2.05, 4.69) is 32.7 Å². The zero-order valence-electron chi connectivity index (χ0n) is 14.0. The molecule has 2 aromatic heterocycles. The number of aliphatic imine (C=N–C) groups is 1. The van der Waals surface area contributed by atoms with Crippen molar-refractivity contribution in [2.24, 2.45) is 4.99 Å². The van der Waals surface area contributed by atoms with Gasteiger partial charge in [-0.05, 0) is 27.2 Å². The molecule has 0 saturated carbocycles. The average Bonchev–Trinajstić information content (AvgIpc) is 3.08. The summed E-state index contributed by atoms with van der Waals surface area (Å²) in [5.74, 6) is 1.54. The Kier molecular flexibility index (Phi) is 8.53. The number of rotatable bonds is 6. The molecule has 0 spiro atoms. The summed E-state index contributed by atoms with van der Waals surface area (Å²) in [6.07, 6.45) is 0.871. The predicted molar refractivity (Wildman–Crippen MR) is 105 cm³/mol.